The van der Waals surface area contributed by atoms with Gasteiger partial charge in [-0.1, -0.05) is 17.8 Å². The molecule has 114 valence electrons. The van der Waals surface area contributed by atoms with Crippen molar-refractivity contribution in [2.45, 2.75) is 25.9 Å². The fraction of sp³-hybridized carbons (Fsp3) is 0.267. The molecule has 1 N–H and O–H groups in total. The molecule has 1 amide bonds. The second-order valence-corrected chi connectivity index (χ2v) is 5.61. The fourth-order valence-corrected chi connectivity index (χ4v) is 2.44. The van der Waals surface area contributed by atoms with E-state index in [1.165, 1.54) is 11.8 Å². The zero-order chi connectivity index (χ0) is 15.9. The third kappa shape index (κ3) is 4.92. The van der Waals surface area contributed by atoms with Gasteiger partial charge in [-0.3, -0.25) is 9.78 Å². The van der Waals surface area contributed by atoms with Crippen LogP contribution in [-0.4, -0.2) is 32.3 Å². The van der Waals surface area contributed by atoms with Crippen LogP contribution in [0, 0.1) is 13.8 Å². The Kier molecular flexibility index (Phi) is 5.60. The first-order valence-corrected chi connectivity index (χ1v) is 7.73. The van der Waals surface area contributed by atoms with Gasteiger partial charge in [0.1, 0.15) is 0 Å². The zero-order valence-electron chi connectivity index (χ0n) is 12.7. The van der Waals surface area contributed by atoms with Gasteiger partial charge in [-0.05, 0) is 39.0 Å². The van der Waals surface area contributed by atoms with E-state index in [4.69, 9.17) is 0 Å². The minimum absolute atomic E-state index is 0.206. The Morgan fingerprint density at radius 1 is 1.27 bits per heavy atom. The summed E-state index contributed by atoms with van der Waals surface area (Å²) in [4.78, 5) is 24.5. The molecule has 7 heteroatoms. The predicted molar refractivity (Wildman–Crippen MR) is 86.8 cm³/mol. The molecule has 0 aliphatic rings. The molecule has 0 radical (unpaired) electrons. The number of rotatable bonds is 5. The number of aromatic nitrogens is 3. The van der Waals surface area contributed by atoms with Gasteiger partial charge in [-0.2, -0.15) is 5.10 Å². The van der Waals surface area contributed by atoms with Gasteiger partial charge in [0.25, 0.3) is 5.91 Å². The highest BCUT2D eigenvalue weighted by Crippen LogP contribution is 2.13. The van der Waals surface area contributed by atoms with E-state index in [9.17, 15) is 4.79 Å². The molecule has 0 atom stereocenters. The second-order valence-electron chi connectivity index (χ2n) is 4.67. The second kappa shape index (κ2) is 7.65. The van der Waals surface area contributed by atoms with E-state index in [0.29, 0.717) is 10.9 Å². The van der Waals surface area contributed by atoms with E-state index >= 15 is 0 Å². The third-order valence-electron chi connectivity index (χ3n) is 2.68. The molecule has 22 heavy (non-hydrogen) atoms. The average Bonchev–Trinajstić information content (AvgIpc) is 2.50. The van der Waals surface area contributed by atoms with Crippen LogP contribution < -0.4 is 5.43 Å². The number of nitrogens with one attached hydrogen (secondary N) is 1. The Morgan fingerprint density at radius 2 is 2.00 bits per heavy atom. The van der Waals surface area contributed by atoms with Crippen LogP contribution in [-0.2, 0) is 4.79 Å². The van der Waals surface area contributed by atoms with Crippen LogP contribution in [0.2, 0.25) is 0 Å². The van der Waals surface area contributed by atoms with Crippen LogP contribution in [0.15, 0.2) is 40.7 Å². The zero-order valence-corrected chi connectivity index (χ0v) is 13.5. The highest BCUT2D eigenvalue weighted by Gasteiger charge is 2.06. The molecule has 6 nitrogen and oxygen atoms in total. The summed E-state index contributed by atoms with van der Waals surface area (Å²) in [5.74, 6) is 0.00469. The topological polar surface area (TPSA) is 80.1 Å². The van der Waals surface area contributed by atoms with Gasteiger partial charge < -0.3 is 0 Å². The molecular formula is C15H17N5OS. The third-order valence-corrected chi connectivity index (χ3v) is 3.53. The molecule has 0 aliphatic heterocycles. The molecule has 2 heterocycles. The van der Waals surface area contributed by atoms with Crippen molar-refractivity contribution >= 4 is 23.4 Å². The van der Waals surface area contributed by atoms with Crippen LogP contribution in [0.25, 0.3) is 0 Å². The predicted octanol–water partition coefficient (Wildman–Crippen LogP) is 2.12. The number of amides is 1. The van der Waals surface area contributed by atoms with Crippen molar-refractivity contribution < 1.29 is 4.79 Å². The minimum Gasteiger partial charge on any atom is -0.272 e. The van der Waals surface area contributed by atoms with Gasteiger partial charge >= 0.3 is 0 Å². The van der Waals surface area contributed by atoms with Crippen LogP contribution in [0.3, 0.4) is 0 Å². The molecule has 0 saturated carbocycles. The van der Waals surface area contributed by atoms with Gasteiger partial charge in [0.15, 0.2) is 5.16 Å². The maximum atomic E-state index is 11.8. The summed E-state index contributed by atoms with van der Waals surface area (Å²) >= 11 is 1.29. The summed E-state index contributed by atoms with van der Waals surface area (Å²) in [6, 6.07) is 7.43. The molecular weight excluding hydrogens is 298 g/mol. The van der Waals surface area contributed by atoms with Gasteiger partial charge in [0.05, 0.1) is 17.2 Å². The van der Waals surface area contributed by atoms with Crippen molar-refractivity contribution in [1.29, 1.82) is 0 Å². The van der Waals surface area contributed by atoms with E-state index in [-0.39, 0.29) is 11.7 Å². The smallest absolute Gasteiger partial charge is 0.250 e. The first kappa shape index (κ1) is 16.1. The number of aryl methyl sites for hydroxylation is 2. The van der Waals surface area contributed by atoms with E-state index in [2.05, 4.69) is 25.5 Å². The summed E-state index contributed by atoms with van der Waals surface area (Å²) in [6.45, 7) is 5.60. The number of hydrazone groups is 1. The normalized spacial score (nSPS) is 11.3. The number of hydrogen-bond acceptors (Lipinski definition) is 6. The van der Waals surface area contributed by atoms with E-state index in [1.807, 2.05) is 38.1 Å². The minimum atomic E-state index is -0.206. The van der Waals surface area contributed by atoms with Gasteiger partial charge in [0.2, 0.25) is 0 Å². The first-order chi connectivity index (χ1) is 10.5. The summed E-state index contributed by atoms with van der Waals surface area (Å²) in [6.07, 6.45) is 1.68. The van der Waals surface area contributed by atoms with Crippen LogP contribution >= 0.6 is 11.8 Å². The van der Waals surface area contributed by atoms with Gasteiger partial charge in [-0.15, -0.1) is 0 Å². The monoisotopic (exact) mass is 315 g/mol. The molecule has 0 fully saturated rings. The molecule has 0 aromatic carbocycles. The number of hydrogen-bond donors (Lipinski definition) is 1. The number of nitrogens with zero attached hydrogens (tertiary/aromatic N) is 4. The summed E-state index contributed by atoms with van der Waals surface area (Å²) in [5, 5.41) is 4.64. The van der Waals surface area contributed by atoms with Crippen molar-refractivity contribution in [3.8, 4) is 0 Å². The lowest BCUT2D eigenvalue weighted by molar-refractivity contribution is -0.118. The van der Waals surface area contributed by atoms with Gasteiger partial charge in [0, 0.05) is 17.6 Å². The lowest BCUT2D eigenvalue weighted by Gasteiger charge is -2.03. The van der Waals surface area contributed by atoms with Crippen molar-refractivity contribution in [1.82, 2.24) is 20.4 Å². The number of pyridine rings is 1. The molecule has 0 aliphatic carbocycles. The Morgan fingerprint density at radius 3 is 2.64 bits per heavy atom. The van der Waals surface area contributed by atoms with E-state index in [0.717, 1.165) is 17.1 Å². The first-order valence-electron chi connectivity index (χ1n) is 6.74. The average molecular weight is 315 g/mol. The lowest BCUT2D eigenvalue weighted by atomic mass is 10.3. The summed E-state index contributed by atoms with van der Waals surface area (Å²) in [7, 11) is 0. The van der Waals surface area contributed by atoms with Gasteiger partial charge in [-0.25, -0.2) is 15.4 Å². The van der Waals surface area contributed by atoms with Crippen molar-refractivity contribution in [3.05, 3.63) is 47.5 Å². The van der Waals surface area contributed by atoms with Crippen LogP contribution in [0.4, 0.5) is 0 Å². The van der Waals surface area contributed by atoms with Crippen molar-refractivity contribution in [2.24, 2.45) is 5.10 Å². The molecule has 0 spiro atoms. The fourth-order valence-electron chi connectivity index (χ4n) is 1.70. The number of carbonyl (C=O) groups excluding carboxylic acids is 1. The highest BCUT2D eigenvalue weighted by molar-refractivity contribution is 7.99. The number of thioether (sulfide) groups is 1. The Hall–Kier alpha value is -2.28. The largest absolute Gasteiger partial charge is 0.272 e. The lowest BCUT2D eigenvalue weighted by Crippen LogP contribution is -2.21. The van der Waals surface area contributed by atoms with Crippen LogP contribution in [0.5, 0.6) is 0 Å². The Labute approximate surface area is 133 Å². The van der Waals surface area contributed by atoms with Crippen LogP contribution in [0.1, 0.15) is 24.0 Å². The van der Waals surface area contributed by atoms with Crippen molar-refractivity contribution in [3.63, 3.8) is 0 Å². The molecule has 0 unspecified atom stereocenters. The maximum absolute atomic E-state index is 11.8. The molecule has 2 aromatic heterocycles. The Bertz CT molecular complexity index is 667. The SMILES string of the molecule is C/C(=N\NC(=O)CSc1nc(C)cc(C)n1)c1ccccn1. The molecule has 2 rings (SSSR count). The molecule has 2 aromatic rings. The van der Waals surface area contributed by atoms with E-state index in [1.54, 1.807) is 13.1 Å². The summed E-state index contributed by atoms with van der Waals surface area (Å²) < 4.78 is 0. The number of carbonyl (C=O) groups is 1. The van der Waals surface area contributed by atoms with Crippen molar-refractivity contribution in [2.75, 3.05) is 5.75 Å². The molecule has 0 saturated heterocycles. The maximum Gasteiger partial charge on any atom is 0.250 e. The van der Waals surface area contributed by atoms with E-state index < -0.39 is 0 Å². The quantitative estimate of drug-likeness (QED) is 0.396. The highest BCUT2D eigenvalue weighted by atomic mass is 32.2. The molecule has 0 bridgehead atoms. The summed E-state index contributed by atoms with van der Waals surface area (Å²) in [5.41, 5.74) is 5.67. The Balaban J connectivity index is 1.88. The standard InChI is InChI=1S/C15H17N5OS/c1-10-8-11(2)18-15(17-10)22-9-14(21)20-19-12(3)13-6-4-5-7-16-13/h4-8H,9H2,1-3H3,(H,20,21)/b19-12+.